The molecule has 0 bridgehead atoms. The van der Waals surface area contributed by atoms with E-state index in [-0.39, 0.29) is 0 Å². The molecule has 0 radical (unpaired) electrons. The summed E-state index contributed by atoms with van der Waals surface area (Å²) in [6.45, 7) is 3.28. The number of halogens is 2. The largest absolute Gasteiger partial charge is 0.441 e. The molecule has 25 heavy (non-hydrogen) atoms. The Labute approximate surface area is 155 Å². The number of anilines is 1. The SMILES string of the molecule is Cc1noc(-c2csc(Br)n2)c1NC(=O)OC(C)c1ccccc1F. The van der Waals surface area contributed by atoms with E-state index in [4.69, 9.17) is 9.26 Å². The highest BCUT2D eigenvalue weighted by Gasteiger charge is 2.22. The minimum atomic E-state index is -0.752. The second-order valence-electron chi connectivity index (χ2n) is 5.15. The van der Waals surface area contributed by atoms with Crippen molar-refractivity contribution in [1.29, 1.82) is 0 Å². The first-order valence-electron chi connectivity index (χ1n) is 7.25. The number of nitrogens with zero attached hydrogens (tertiary/aromatic N) is 2. The molecule has 2 aromatic heterocycles. The molecule has 6 nitrogen and oxygen atoms in total. The normalized spacial score (nSPS) is 12.0. The molecule has 130 valence electrons. The summed E-state index contributed by atoms with van der Waals surface area (Å²) in [6.07, 6.45) is -1.49. The van der Waals surface area contributed by atoms with E-state index in [0.29, 0.717) is 32.3 Å². The van der Waals surface area contributed by atoms with Crippen molar-refractivity contribution in [2.75, 3.05) is 5.32 Å². The van der Waals surface area contributed by atoms with Crippen molar-refractivity contribution >= 4 is 39.0 Å². The van der Waals surface area contributed by atoms with Gasteiger partial charge in [-0.15, -0.1) is 11.3 Å². The maximum atomic E-state index is 13.8. The second-order valence-corrected chi connectivity index (χ2v) is 7.29. The van der Waals surface area contributed by atoms with Crippen LogP contribution in [0, 0.1) is 12.7 Å². The highest BCUT2D eigenvalue weighted by Crippen LogP contribution is 2.33. The molecule has 0 saturated heterocycles. The number of aromatic nitrogens is 2. The number of hydrogen-bond acceptors (Lipinski definition) is 6. The lowest BCUT2D eigenvalue weighted by Crippen LogP contribution is -2.17. The monoisotopic (exact) mass is 425 g/mol. The quantitative estimate of drug-likeness (QED) is 0.611. The third-order valence-electron chi connectivity index (χ3n) is 3.43. The van der Waals surface area contributed by atoms with Crippen molar-refractivity contribution in [3.05, 3.63) is 50.6 Å². The zero-order chi connectivity index (χ0) is 18.0. The number of nitrogens with one attached hydrogen (secondary N) is 1. The second kappa shape index (κ2) is 7.32. The van der Waals surface area contributed by atoms with Gasteiger partial charge in [0, 0.05) is 10.9 Å². The van der Waals surface area contributed by atoms with Crippen LogP contribution in [-0.4, -0.2) is 16.2 Å². The molecule has 3 aromatic rings. The summed E-state index contributed by atoms with van der Waals surface area (Å²) in [4.78, 5) is 16.4. The molecular formula is C16H13BrFN3O3S. The highest BCUT2D eigenvalue weighted by molar-refractivity contribution is 9.11. The molecule has 2 heterocycles. The summed E-state index contributed by atoms with van der Waals surface area (Å²) in [5.74, 6) is -0.105. The van der Waals surface area contributed by atoms with Gasteiger partial charge in [-0.3, -0.25) is 5.32 Å². The number of hydrogen-bond donors (Lipinski definition) is 1. The number of rotatable bonds is 4. The fourth-order valence-corrected chi connectivity index (χ4v) is 3.20. The Hall–Kier alpha value is -2.26. The van der Waals surface area contributed by atoms with Crippen LogP contribution in [0.2, 0.25) is 0 Å². The summed E-state index contributed by atoms with van der Waals surface area (Å²) >= 11 is 4.65. The van der Waals surface area contributed by atoms with E-state index in [2.05, 4.69) is 31.4 Å². The predicted molar refractivity (Wildman–Crippen MR) is 95.0 cm³/mol. The van der Waals surface area contributed by atoms with Gasteiger partial charge in [-0.1, -0.05) is 23.4 Å². The van der Waals surface area contributed by atoms with Crippen LogP contribution in [0.1, 0.15) is 24.3 Å². The van der Waals surface area contributed by atoms with Gasteiger partial charge in [-0.25, -0.2) is 14.2 Å². The van der Waals surface area contributed by atoms with E-state index in [1.54, 1.807) is 37.4 Å². The maximum absolute atomic E-state index is 13.8. The van der Waals surface area contributed by atoms with Gasteiger partial charge >= 0.3 is 6.09 Å². The number of amides is 1. The lowest BCUT2D eigenvalue weighted by Gasteiger charge is -2.14. The number of carbonyl (C=O) groups excluding carboxylic acids is 1. The Balaban J connectivity index is 1.76. The van der Waals surface area contributed by atoms with Crippen LogP contribution in [0.4, 0.5) is 14.9 Å². The van der Waals surface area contributed by atoms with Gasteiger partial charge in [-0.2, -0.15) is 0 Å². The molecule has 1 amide bonds. The van der Waals surface area contributed by atoms with E-state index in [9.17, 15) is 9.18 Å². The van der Waals surface area contributed by atoms with Gasteiger partial charge in [0.15, 0.2) is 3.92 Å². The van der Waals surface area contributed by atoms with Crippen LogP contribution in [0.5, 0.6) is 0 Å². The third-order valence-corrected chi connectivity index (χ3v) is 4.79. The van der Waals surface area contributed by atoms with Crippen molar-refractivity contribution in [3.63, 3.8) is 0 Å². The Bertz CT molecular complexity index is 912. The first-order chi connectivity index (χ1) is 12.0. The lowest BCUT2D eigenvalue weighted by atomic mass is 10.1. The number of thiazole rings is 1. The smallest absolute Gasteiger partial charge is 0.412 e. The van der Waals surface area contributed by atoms with E-state index >= 15 is 0 Å². The molecule has 0 aliphatic rings. The van der Waals surface area contributed by atoms with Crippen LogP contribution >= 0.6 is 27.3 Å². The minimum absolute atomic E-state index is 0.295. The summed E-state index contributed by atoms with van der Waals surface area (Å²) in [6, 6.07) is 6.13. The molecule has 9 heteroatoms. The lowest BCUT2D eigenvalue weighted by molar-refractivity contribution is 0.119. The van der Waals surface area contributed by atoms with E-state index < -0.39 is 18.0 Å². The molecule has 3 rings (SSSR count). The molecule has 0 aliphatic carbocycles. The van der Waals surface area contributed by atoms with Crippen molar-refractivity contribution in [2.45, 2.75) is 20.0 Å². The van der Waals surface area contributed by atoms with Gasteiger partial charge in [0.05, 0.1) is 0 Å². The Morgan fingerprint density at radius 3 is 2.88 bits per heavy atom. The molecule has 0 spiro atoms. The molecule has 0 aliphatic heterocycles. The van der Waals surface area contributed by atoms with Gasteiger partial charge in [0.2, 0.25) is 5.76 Å². The Morgan fingerprint density at radius 2 is 2.20 bits per heavy atom. The first-order valence-corrected chi connectivity index (χ1v) is 8.92. The zero-order valence-electron chi connectivity index (χ0n) is 13.2. The number of benzene rings is 1. The van der Waals surface area contributed by atoms with Crippen molar-refractivity contribution < 1.29 is 18.4 Å². The van der Waals surface area contributed by atoms with Crippen LogP contribution in [0.15, 0.2) is 38.1 Å². The standard InChI is InChI=1S/C16H13BrFN3O3S/c1-8-13(14(24-21-8)12-7-25-15(17)19-12)20-16(22)23-9(2)10-5-3-4-6-11(10)18/h3-7,9H,1-2H3,(H,20,22). The predicted octanol–water partition coefficient (Wildman–Crippen LogP) is 5.32. The Morgan fingerprint density at radius 1 is 1.44 bits per heavy atom. The minimum Gasteiger partial charge on any atom is -0.441 e. The molecule has 0 saturated carbocycles. The number of carbonyl (C=O) groups is 1. The third kappa shape index (κ3) is 3.88. The van der Waals surface area contributed by atoms with Crippen molar-refractivity contribution in [2.24, 2.45) is 0 Å². The summed E-state index contributed by atoms with van der Waals surface area (Å²) in [5.41, 5.74) is 1.68. The molecule has 1 aromatic carbocycles. The molecule has 1 N–H and O–H groups in total. The van der Waals surface area contributed by atoms with Crippen LogP contribution < -0.4 is 5.32 Å². The molecular weight excluding hydrogens is 413 g/mol. The average molecular weight is 426 g/mol. The highest BCUT2D eigenvalue weighted by atomic mass is 79.9. The van der Waals surface area contributed by atoms with E-state index in [1.807, 2.05) is 0 Å². The van der Waals surface area contributed by atoms with Crippen molar-refractivity contribution in [3.8, 4) is 11.5 Å². The summed E-state index contributed by atoms with van der Waals surface area (Å²) in [5, 5.41) is 8.21. The summed E-state index contributed by atoms with van der Waals surface area (Å²) in [7, 11) is 0. The topological polar surface area (TPSA) is 77.3 Å². The maximum Gasteiger partial charge on any atom is 0.412 e. The zero-order valence-corrected chi connectivity index (χ0v) is 15.6. The Kier molecular flexibility index (Phi) is 5.14. The molecule has 1 atom stereocenters. The number of aryl methyl sites for hydroxylation is 1. The fourth-order valence-electron chi connectivity index (χ4n) is 2.21. The first kappa shape index (κ1) is 17.6. The van der Waals surface area contributed by atoms with Gasteiger partial charge in [0.25, 0.3) is 0 Å². The average Bonchev–Trinajstić information content (AvgIpc) is 3.14. The number of ether oxygens (including phenoxy) is 1. The van der Waals surface area contributed by atoms with Crippen molar-refractivity contribution in [1.82, 2.24) is 10.1 Å². The van der Waals surface area contributed by atoms with E-state index in [1.165, 1.54) is 17.4 Å². The van der Waals surface area contributed by atoms with Gasteiger partial charge in [0.1, 0.15) is 29.0 Å². The molecule has 0 fully saturated rings. The van der Waals surface area contributed by atoms with E-state index in [0.717, 1.165) is 0 Å². The molecule has 1 unspecified atom stereocenters. The fraction of sp³-hybridized carbons (Fsp3) is 0.188. The van der Waals surface area contributed by atoms with Gasteiger partial charge < -0.3 is 9.26 Å². The summed E-state index contributed by atoms with van der Waals surface area (Å²) < 4.78 is 25.0. The van der Waals surface area contributed by atoms with Crippen LogP contribution in [0.3, 0.4) is 0 Å². The van der Waals surface area contributed by atoms with Crippen LogP contribution in [-0.2, 0) is 4.74 Å². The van der Waals surface area contributed by atoms with Gasteiger partial charge in [-0.05, 0) is 35.8 Å². The van der Waals surface area contributed by atoms with Crippen LogP contribution in [0.25, 0.3) is 11.5 Å².